The second kappa shape index (κ2) is 16.6. The quantitative estimate of drug-likeness (QED) is 0.235. The highest BCUT2D eigenvalue weighted by Gasteiger charge is 2.03. The summed E-state index contributed by atoms with van der Waals surface area (Å²) in [6, 6.07) is 4.17. The number of rotatable bonds is 16. The minimum atomic E-state index is -0.0696. The third-order valence-electron chi connectivity index (χ3n) is 3.75. The SMILES string of the molecule is CONC(=O)CCCCCSc1ccnc(SCCCCCC(=O)NOC)c1. The first-order valence-electron chi connectivity index (χ1n) is 9.51. The van der Waals surface area contributed by atoms with Gasteiger partial charge in [-0.25, -0.2) is 15.9 Å². The van der Waals surface area contributed by atoms with Crippen LogP contribution in [0.3, 0.4) is 0 Å². The molecule has 0 aromatic carbocycles. The van der Waals surface area contributed by atoms with Crippen LogP contribution in [0.15, 0.2) is 28.3 Å². The number of hydroxylamine groups is 2. The molecule has 1 rings (SSSR count). The van der Waals surface area contributed by atoms with Gasteiger partial charge in [0.05, 0.1) is 19.2 Å². The van der Waals surface area contributed by atoms with Crippen LogP contribution >= 0.6 is 23.5 Å². The van der Waals surface area contributed by atoms with Gasteiger partial charge in [0, 0.05) is 23.9 Å². The number of nitrogens with one attached hydrogen (secondary N) is 2. The van der Waals surface area contributed by atoms with Gasteiger partial charge in [-0.2, -0.15) is 0 Å². The first kappa shape index (κ1) is 24.7. The first-order valence-corrected chi connectivity index (χ1v) is 11.5. The second-order valence-electron chi connectivity index (χ2n) is 6.11. The maximum Gasteiger partial charge on any atom is 0.243 e. The monoisotopic (exact) mass is 429 g/mol. The van der Waals surface area contributed by atoms with Gasteiger partial charge in [0.2, 0.25) is 11.8 Å². The van der Waals surface area contributed by atoms with Gasteiger partial charge in [0.25, 0.3) is 0 Å². The fraction of sp³-hybridized carbons (Fsp3) is 0.632. The zero-order valence-corrected chi connectivity index (χ0v) is 18.3. The summed E-state index contributed by atoms with van der Waals surface area (Å²) < 4.78 is 0. The molecule has 0 radical (unpaired) electrons. The number of nitrogens with zero attached hydrogens (tertiary/aromatic N) is 1. The number of hydrogen-bond acceptors (Lipinski definition) is 7. The van der Waals surface area contributed by atoms with E-state index in [0.29, 0.717) is 12.8 Å². The molecule has 0 aliphatic heterocycles. The molecular formula is C19H31N3O4S2. The molecule has 7 nitrogen and oxygen atoms in total. The normalized spacial score (nSPS) is 10.6. The van der Waals surface area contributed by atoms with E-state index in [9.17, 15) is 9.59 Å². The van der Waals surface area contributed by atoms with Crippen molar-refractivity contribution in [2.24, 2.45) is 0 Å². The van der Waals surface area contributed by atoms with E-state index in [1.54, 1.807) is 11.8 Å². The third kappa shape index (κ3) is 13.0. The summed E-state index contributed by atoms with van der Waals surface area (Å²) in [7, 11) is 2.89. The van der Waals surface area contributed by atoms with E-state index in [4.69, 9.17) is 0 Å². The summed E-state index contributed by atoms with van der Waals surface area (Å²) in [4.78, 5) is 37.3. The molecule has 1 heterocycles. The van der Waals surface area contributed by atoms with Gasteiger partial charge in [-0.15, -0.1) is 23.5 Å². The Morgan fingerprint density at radius 3 is 2.04 bits per heavy atom. The molecule has 0 fully saturated rings. The molecular weight excluding hydrogens is 398 g/mol. The fourth-order valence-corrected chi connectivity index (χ4v) is 4.30. The Labute approximate surface area is 176 Å². The summed E-state index contributed by atoms with van der Waals surface area (Å²) in [6.45, 7) is 0. The van der Waals surface area contributed by atoms with Gasteiger partial charge in [0.15, 0.2) is 0 Å². The average molecular weight is 430 g/mol. The average Bonchev–Trinajstić information content (AvgIpc) is 2.68. The summed E-state index contributed by atoms with van der Waals surface area (Å²) in [6.07, 6.45) is 8.78. The molecule has 0 bridgehead atoms. The lowest BCUT2D eigenvalue weighted by Crippen LogP contribution is -2.21. The molecule has 1 aromatic heterocycles. The topological polar surface area (TPSA) is 89.5 Å². The molecule has 9 heteroatoms. The Kier molecular flexibility index (Phi) is 14.7. The van der Waals surface area contributed by atoms with Crippen LogP contribution < -0.4 is 11.0 Å². The molecule has 0 aliphatic rings. The Balaban J connectivity index is 2.10. The summed E-state index contributed by atoms with van der Waals surface area (Å²) >= 11 is 3.58. The Hall–Kier alpha value is -1.29. The zero-order valence-electron chi connectivity index (χ0n) is 16.7. The van der Waals surface area contributed by atoms with Crippen molar-refractivity contribution in [3.05, 3.63) is 18.3 Å². The lowest BCUT2D eigenvalue weighted by molar-refractivity contribution is -0.132. The van der Waals surface area contributed by atoms with Crippen LogP contribution in [-0.4, -0.2) is 42.5 Å². The van der Waals surface area contributed by atoms with Crippen molar-refractivity contribution in [2.75, 3.05) is 25.7 Å². The number of pyridine rings is 1. The number of aromatic nitrogens is 1. The number of hydrogen-bond donors (Lipinski definition) is 2. The van der Waals surface area contributed by atoms with E-state index in [1.165, 1.54) is 19.1 Å². The lowest BCUT2D eigenvalue weighted by Gasteiger charge is -2.05. The molecule has 158 valence electrons. The molecule has 0 atom stereocenters. The van der Waals surface area contributed by atoms with Crippen molar-refractivity contribution in [2.45, 2.75) is 61.3 Å². The standard InChI is InChI=1S/C19H31N3O4S2/c1-25-21-17(23)9-5-3-7-13-27-16-11-12-20-19(15-16)28-14-8-4-6-10-18(24)22-26-2/h11-12,15H,3-10,13-14H2,1-2H3,(H,21,23)(H,22,24). The van der Waals surface area contributed by atoms with Gasteiger partial charge in [-0.3, -0.25) is 19.3 Å². The predicted molar refractivity (Wildman–Crippen MR) is 113 cm³/mol. The number of amides is 2. The van der Waals surface area contributed by atoms with E-state index in [2.05, 4.69) is 31.7 Å². The molecule has 1 aromatic rings. The molecule has 0 aliphatic carbocycles. The van der Waals surface area contributed by atoms with Crippen LogP contribution in [0.1, 0.15) is 51.4 Å². The van der Waals surface area contributed by atoms with Gasteiger partial charge < -0.3 is 0 Å². The van der Waals surface area contributed by atoms with Crippen LogP contribution in [0.4, 0.5) is 0 Å². The highest BCUT2D eigenvalue weighted by atomic mass is 32.2. The van der Waals surface area contributed by atoms with Crippen molar-refractivity contribution in [1.82, 2.24) is 15.9 Å². The molecule has 0 unspecified atom stereocenters. The first-order chi connectivity index (χ1) is 13.7. The minimum Gasteiger partial charge on any atom is -0.277 e. The van der Waals surface area contributed by atoms with E-state index < -0.39 is 0 Å². The van der Waals surface area contributed by atoms with Crippen LogP contribution in [-0.2, 0) is 19.3 Å². The molecule has 0 spiro atoms. The van der Waals surface area contributed by atoms with Crippen molar-refractivity contribution in [3.8, 4) is 0 Å². The molecule has 0 saturated carbocycles. The van der Waals surface area contributed by atoms with Crippen LogP contribution in [0.2, 0.25) is 0 Å². The zero-order chi connectivity index (χ0) is 20.5. The van der Waals surface area contributed by atoms with Crippen molar-refractivity contribution in [3.63, 3.8) is 0 Å². The smallest absolute Gasteiger partial charge is 0.243 e. The third-order valence-corrected chi connectivity index (χ3v) is 5.85. The van der Waals surface area contributed by atoms with E-state index in [1.807, 2.05) is 24.0 Å². The largest absolute Gasteiger partial charge is 0.277 e. The minimum absolute atomic E-state index is 0.0656. The number of thioether (sulfide) groups is 2. The van der Waals surface area contributed by atoms with E-state index >= 15 is 0 Å². The van der Waals surface area contributed by atoms with Crippen molar-refractivity contribution >= 4 is 35.3 Å². The van der Waals surface area contributed by atoms with Crippen LogP contribution in [0.5, 0.6) is 0 Å². The van der Waals surface area contributed by atoms with Gasteiger partial charge in [-0.1, -0.05) is 12.8 Å². The van der Waals surface area contributed by atoms with E-state index in [0.717, 1.165) is 55.1 Å². The number of carbonyl (C=O) groups is 2. The second-order valence-corrected chi connectivity index (χ2v) is 8.39. The fourth-order valence-electron chi connectivity index (χ4n) is 2.39. The van der Waals surface area contributed by atoms with Crippen LogP contribution in [0.25, 0.3) is 0 Å². The maximum atomic E-state index is 11.3. The summed E-state index contributed by atoms with van der Waals surface area (Å²) in [5.41, 5.74) is 4.66. The molecule has 2 amide bonds. The van der Waals surface area contributed by atoms with Gasteiger partial charge in [0.1, 0.15) is 0 Å². The molecule has 0 saturated heterocycles. The molecule has 2 N–H and O–H groups in total. The Bertz CT molecular complexity index is 531. The van der Waals surface area contributed by atoms with Crippen molar-refractivity contribution < 1.29 is 19.3 Å². The van der Waals surface area contributed by atoms with Gasteiger partial charge >= 0.3 is 0 Å². The highest BCUT2D eigenvalue weighted by Crippen LogP contribution is 2.25. The highest BCUT2D eigenvalue weighted by molar-refractivity contribution is 8.00. The number of carbonyl (C=O) groups excluding carboxylic acids is 2. The van der Waals surface area contributed by atoms with Crippen LogP contribution in [0, 0.1) is 0 Å². The summed E-state index contributed by atoms with van der Waals surface area (Å²) in [5.74, 6) is 1.89. The Morgan fingerprint density at radius 1 is 0.893 bits per heavy atom. The number of unbranched alkanes of at least 4 members (excludes halogenated alkanes) is 4. The molecule has 28 heavy (non-hydrogen) atoms. The lowest BCUT2D eigenvalue weighted by atomic mass is 10.2. The van der Waals surface area contributed by atoms with Gasteiger partial charge in [-0.05, 0) is 49.3 Å². The van der Waals surface area contributed by atoms with E-state index in [-0.39, 0.29) is 11.8 Å². The predicted octanol–water partition coefficient (Wildman–Crippen LogP) is 3.74. The van der Waals surface area contributed by atoms with Crippen molar-refractivity contribution in [1.29, 1.82) is 0 Å². The Morgan fingerprint density at radius 2 is 1.46 bits per heavy atom. The summed E-state index contributed by atoms with van der Waals surface area (Å²) in [5, 5.41) is 1.04. The maximum absolute atomic E-state index is 11.3.